The molecule has 0 aliphatic carbocycles. The van der Waals surface area contributed by atoms with Crippen LogP contribution in [-0.4, -0.2) is 50.6 Å². The summed E-state index contributed by atoms with van der Waals surface area (Å²) in [4.78, 5) is 0. The van der Waals surface area contributed by atoms with Gasteiger partial charge in [0.1, 0.15) is 12.6 Å². The van der Waals surface area contributed by atoms with Gasteiger partial charge in [-0.05, 0) is 24.6 Å². The lowest BCUT2D eigenvalue weighted by Crippen LogP contribution is -2.51. The number of fused-ring (bicyclic) bond motifs is 1. The standard InChI is InChI=1S/C15H24NO3/c1-11-13-10-15(19-4)14(18-3)9-12(13)5-6-16(11,2)7-8-17/h9-11,17H,5-8H2,1-4H3/q+1. The van der Waals surface area contributed by atoms with Gasteiger partial charge in [0.2, 0.25) is 0 Å². The molecule has 1 heterocycles. The van der Waals surface area contributed by atoms with Gasteiger partial charge in [-0.1, -0.05) is 0 Å². The molecule has 0 bridgehead atoms. The fourth-order valence-electron chi connectivity index (χ4n) is 2.98. The summed E-state index contributed by atoms with van der Waals surface area (Å²) in [5, 5.41) is 9.27. The highest BCUT2D eigenvalue weighted by molar-refractivity contribution is 5.48. The van der Waals surface area contributed by atoms with Gasteiger partial charge in [-0.25, -0.2) is 0 Å². The summed E-state index contributed by atoms with van der Waals surface area (Å²) in [6.07, 6.45) is 1.01. The highest BCUT2D eigenvalue weighted by Gasteiger charge is 2.36. The van der Waals surface area contributed by atoms with Crippen molar-refractivity contribution in [1.29, 1.82) is 0 Å². The molecular formula is C15H24NO3+. The van der Waals surface area contributed by atoms with Crippen molar-refractivity contribution in [2.75, 3.05) is 41.0 Å². The van der Waals surface area contributed by atoms with Gasteiger partial charge in [-0.2, -0.15) is 0 Å². The zero-order valence-corrected chi connectivity index (χ0v) is 12.3. The Bertz CT molecular complexity index is 461. The fraction of sp³-hybridized carbons (Fsp3) is 0.600. The predicted octanol–water partition coefficient (Wildman–Crippen LogP) is 1.76. The molecule has 1 aromatic rings. The Morgan fingerprint density at radius 3 is 2.47 bits per heavy atom. The minimum atomic E-state index is 0.226. The highest BCUT2D eigenvalue weighted by Crippen LogP contribution is 2.40. The molecule has 1 N–H and O–H groups in total. The van der Waals surface area contributed by atoms with Crippen molar-refractivity contribution >= 4 is 0 Å². The maximum absolute atomic E-state index is 9.27. The van der Waals surface area contributed by atoms with Crippen LogP contribution in [0.2, 0.25) is 0 Å². The number of aliphatic hydroxyl groups is 1. The minimum absolute atomic E-state index is 0.226. The second-order valence-electron chi connectivity index (χ2n) is 5.48. The number of likely N-dealkylation sites (N-methyl/N-ethyl adjacent to an activating group) is 1. The lowest BCUT2D eigenvalue weighted by Gasteiger charge is -2.44. The molecule has 1 aromatic carbocycles. The Morgan fingerprint density at radius 1 is 1.26 bits per heavy atom. The molecule has 1 aliphatic rings. The average molecular weight is 266 g/mol. The number of methoxy groups -OCH3 is 2. The topological polar surface area (TPSA) is 38.7 Å². The summed E-state index contributed by atoms with van der Waals surface area (Å²) in [5.74, 6) is 1.58. The van der Waals surface area contributed by atoms with E-state index in [0.29, 0.717) is 6.04 Å². The summed E-state index contributed by atoms with van der Waals surface area (Å²) in [5.41, 5.74) is 2.64. The predicted molar refractivity (Wildman–Crippen MR) is 74.7 cm³/mol. The van der Waals surface area contributed by atoms with Crippen molar-refractivity contribution in [2.45, 2.75) is 19.4 Å². The molecule has 0 saturated heterocycles. The number of nitrogens with zero attached hydrogens (tertiary/aromatic N) is 1. The summed E-state index contributed by atoms with van der Waals surface area (Å²) < 4.78 is 11.6. The van der Waals surface area contributed by atoms with Crippen molar-refractivity contribution in [1.82, 2.24) is 0 Å². The first-order chi connectivity index (χ1) is 9.05. The quantitative estimate of drug-likeness (QED) is 0.844. The molecule has 2 rings (SSSR count). The lowest BCUT2D eigenvalue weighted by molar-refractivity contribution is -0.939. The number of rotatable bonds is 4. The van der Waals surface area contributed by atoms with Crippen molar-refractivity contribution in [3.8, 4) is 11.5 Å². The van der Waals surface area contributed by atoms with Gasteiger partial charge in [0.15, 0.2) is 11.5 Å². The van der Waals surface area contributed by atoms with Crippen molar-refractivity contribution in [3.63, 3.8) is 0 Å². The second-order valence-corrected chi connectivity index (χ2v) is 5.48. The molecule has 0 spiro atoms. The third-order valence-electron chi connectivity index (χ3n) is 4.53. The van der Waals surface area contributed by atoms with E-state index >= 15 is 0 Å². The first kappa shape index (κ1) is 14.2. The van der Waals surface area contributed by atoms with E-state index in [4.69, 9.17) is 9.47 Å². The van der Waals surface area contributed by atoms with Crippen LogP contribution in [0.4, 0.5) is 0 Å². The molecule has 1 aliphatic heterocycles. The van der Waals surface area contributed by atoms with Crippen LogP contribution >= 0.6 is 0 Å². The zero-order valence-electron chi connectivity index (χ0n) is 12.3. The van der Waals surface area contributed by atoms with E-state index in [9.17, 15) is 5.11 Å². The fourth-order valence-corrected chi connectivity index (χ4v) is 2.98. The Balaban J connectivity index is 2.43. The van der Waals surface area contributed by atoms with E-state index in [-0.39, 0.29) is 6.61 Å². The summed E-state index contributed by atoms with van der Waals surface area (Å²) in [6, 6.07) is 4.54. The van der Waals surface area contributed by atoms with Crippen molar-refractivity contribution < 1.29 is 19.1 Å². The van der Waals surface area contributed by atoms with Crippen LogP contribution in [0.1, 0.15) is 24.1 Å². The van der Waals surface area contributed by atoms with Crippen LogP contribution in [0.5, 0.6) is 11.5 Å². The molecule has 0 saturated carbocycles. The van der Waals surface area contributed by atoms with Crippen LogP contribution in [0.25, 0.3) is 0 Å². The summed E-state index contributed by atoms with van der Waals surface area (Å²) in [7, 11) is 5.54. The number of hydrogen-bond donors (Lipinski definition) is 1. The Kier molecular flexibility index (Phi) is 4.02. The van der Waals surface area contributed by atoms with Crippen LogP contribution < -0.4 is 9.47 Å². The Hall–Kier alpha value is -1.26. The number of hydrogen-bond acceptors (Lipinski definition) is 3. The molecule has 4 heteroatoms. The van der Waals surface area contributed by atoms with Gasteiger partial charge >= 0.3 is 0 Å². The number of aliphatic hydroxyl groups excluding tert-OH is 1. The average Bonchev–Trinajstić information content (AvgIpc) is 2.42. The molecule has 4 nitrogen and oxygen atoms in total. The highest BCUT2D eigenvalue weighted by atomic mass is 16.5. The lowest BCUT2D eigenvalue weighted by atomic mass is 9.91. The molecule has 0 fully saturated rings. The van der Waals surface area contributed by atoms with Gasteiger partial charge < -0.3 is 19.1 Å². The van der Waals surface area contributed by atoms with Gasteiger partial charge in [0, 0.05) is 12.0 Å². The molecule has 19 heavy (non-hydrogen) atoms. The molecule has 0 aromatic heterocycles. The SMILES string of the molecule is COc1cc2c(cc1OC)C(C)[N+](C)(CCO)CC2. The normalized spacial score (nSPS) is 25.8. The van der Waals surface area contributed by atoms with Gasteiger partial charge in [0.25, 0.3) is 0 Å². The van der Waals surface area contributed by atoms with E-state index in [1.807, 2.05) is 0 Å². The van der Waals surface area contributed by atoms with Crippen LogP contribution in [0, 0.1) is 0 Å². The molecule has 2 atom stereocenters. The van der Waals surface area contributed by atoms with Gasteiger partial charge in [-0.15, -0.1) is 0 Å². The third-order valence-corrected chi connectivity index (χ3v) is 4.53. The molecule has 0 radical (unpaired) electrons. The van der Waals surface area contributed by atoms with E-state index < -0.39 is 0 Å². The smallest absolute Gasteiger partial charge is 0.161 e. The molecule has 0 amide bonds. The third kappa shape index (κ3) is 2.42. The number of quaternary nitrogens is 1. The maximum atomic E-state index is 9.27. The molecule has 2 unspecified atom stereocenters. The number of benzene rings is 1. The van der Waals surface area contributed by atoms with E-state index in [0.717, 1.165) is 35.5 Å². The van der Waals surface area contributed by atoms with E-state index in [2.05, 4.69) is 26.1 Å². The van der Waals surface area contributed by atoms with Crippen LogP contribution in [-0.2, 0) is 6.42 Å². The summed E-state index contributed by atoms with van der Waals surface area (Å²) >= 11 is 0. The monoisotopic (exact) mass is 266 g/mol. The van der Waals surface area contributed by atoms with E-state index in [1.165, 1.54) is 11.1 Å². The molecular weight excluding hydrogens is 242 g/mol. The second kappa shape index (κ2) is 5.39. The van der Waals surface area contributed by atoms with Crippen LogP contribution in [0.15, 0.2) is 12.1 Å². The van der Waals surface area contributed by atoms with Gasteiger partial charge in [0.05, 0.1) is 34.4 Å². The number of ether oxygens (including phenoxy) is 2. The summed E-state index contributed by atoms with van der Waals surface area (Å²) in [6.45, 7) is 4.28. The zero-order chi connectivity index (χ0) is 14.0. The first-order valence-corrected chi connectivity index (χ1v) is 6.75. The Labute approximate surface area is 115 Å². The van der Waals surface area contributed by atoms with E-state index in [1.54, 1.807) is 14.2 Å². The van der Waals surface area contributed by atoms with Crippen molar-refractivity contribution in [2.24, 2.45) is 0 Å². The van der Waals surface area contributed by atoms with Gasteiger partial charge in [-0.3, -0.25) is 0 Å². The molecule has 106 valence electrons. The maximum Gasteiger partial charge on any atom is 0.161 e. The Morgan fingerprint density at radius 2 is 1.89 bits per heavy atom. The van der Waals surface area contributed by atoms with Crippen LogP contribution in [0.3, 0.4) is 0 Å². The first-order valence-electron chi connectivity index (χ1n) is 6.75. The van der Waals surface area contributed by atoms with Crippen molar-refractivity contribution in [3.05, 3.63) is 23.3 Å². The largest absolute Gasteiger partial charge is 0.493 e. The minimum Gasteiger partial charge on any atom is -0.493 e.